The molecule has 266 valence electrons. The Balaban J connectivity index is 1.04. The highest BCUT2D eigenvalue weighted by Crippen LogP contribution is 2.51. The van der Waals surface area contributed by atoms with Crippen LogP contribution in [0.4, 0.5) is 34.1 Å². The molecule has 0 unspecified atom stereocenters. The van der Waals surface area contributed by atoms with Gasteiger partial charge in [-0.15, -0.1) is 0 Å². The van der Waals surface area contributed by atoms with Gasteiger partial charge in [0, 0.05) is 34.2 Å². The summed E-state index contributed by atoms with van der Waals surface area (Å²) in [7, 11) is 0. The van der Waals surface area contributed by atoms with Crippen LogP contribution in [0.15, 0.2) is 218 Å². The van der Waals surface area contributed by atoms with E-state index in [4.69, 9.17) is 9.47 Å². The van der Waals surface area contributed by atoms with Gasteiger partial charge < -0.3 is 19.3 Å². The summed E-state index contributed by atoms with van der Waals surface area (Å²) in [5.74, 6) is 2.78. The predicted molar refractivity (Wildman–Crippen MR) is 231 cm³/mol. The third-order valence-corrected chi connectivity index (χ3v) is 10.3. The highest BCUT2D eigenvalue weighted by Gasteiger charge is 2.25. The topological polar surface area (TPSA) is 24.9 Å². The van der Waals surface area contributed by atoms with Crippen molar-refractivity contribution in [3.8, 4) is 45.3 Å². The van der Waals surface area contributed by atoms with E-state index >= 15 is 0 Å². The van der Waals surface area contributed by atoms with Crippen molar-refractivity contribution in [3.63, 3.8) is 0 Å². The van der Waals surface area contributed by atoms with Gasteiger partial charge in [-0.2, -0.15) is 0 Å². The average molecular weight is 721 g/mol. The van der Waals surface area contributed by atoms with Crippen molar-refractivity contribution in [3.05, 3.63) is 218 Å². The Labute approximate surface area is 326 Å². The average Bonchev–Trinajstić information content (AvgIpc) is 3.43. The van der Waals surface area contributed by atoms with Crippen LogP contribution in [0, 0.1) is 0 Å². The van der Waals surface area contributed by atoms with Gasteiger partial charge in [0.05, 0.1) is 16.8 Å². The fraction of sp³-hybridized carbons (Fsp3) is 0. The molecule has 56 heavy (non-hydrogen) atoms. The van der Waals surface area contributed by atoms with E-state index in [1.807, 2.05) is 36.4 Å². The molecule has 0 saturated carbocycles. The molecule has 0 radical (unpaired) electrons. The smallest absolute Gasteiger partial charge is 0.172 e. The zero-order valence-electron chi connectivity index (χ0n) is 30.5. The highest BCUT2D eigenvalue weighted by molar-refractivity contribution is 6.05. The highest BCUT2D eigenvalue weighted by atomic mass is 16.5. The summed E-state index contributed by atoms with van der Waals surface area (Å²) in [6.07, 6.45) is 0. The number of fused-ring (bicyclic) bond motifs is 1. The van der Waals surface area contributed by atoms with Gasteiger partial charge in [0.1, 0.15) is 11.5 Å². The molecule has 0 N–H and O–H groups in total. The molecular formula is C52H36N2O2. The van der Waals surface area contributed by atoms with Crippen molar-refractivity contribution < 1.29 is 9.47 Å². The first-order chi connectivity index (χ1) is 27.8. The second kappa shape index (κ2) is 14.3. The van der Waals surface area contributed by atoms with E-state index in [1.165, 1.54) is 22.3 Å². The zero-order valence-corrected chi connectivity index (χ0v) is 30.5. The van der Waals surface area contributed by atoms with E-state index in [2.05, 4.69) is 192 Å². The van der Waals surface area contributed by atoms with E-state index in [-0.39, 0.29) is 0 Å². The largest absolute Gasteiger partial charge is 0.453 e. The number of nitrogens with zero attached hydrogens (tertiary/aromatic N) is 2. The van der Waals surface area contributed by atoms with Crippen LogP contribution in [0.1, 0.15) is 0 Å². The SMILES string of the molecule is c1ccc(-c2ccc(N(c3ccccc3)c3ccc4c(c3)Oc3ccc(N(c5ccccc5)c5ccc(-c6ccccc6)cc5)c5cccc(c35)O4)cc2)cc1. The number of hydrogen-bond donors (Lipinski definition) is 0. The van der Waals surface area contributed by atoms with Crippen LogP contribution in [0.2, 0.25) is 0 Å². The molecule has 9 aromatic carbocycles. The Hall–Kier alpha value is -7.56. The van der Waals surface area contributed by atoms with Gasteiger partial charge in [-0.25, -0.2) is 0 Å². The number of rotatable bonds is 8. The fourth-order valence-electron chi connectivity index (χ4n) is 7.62. The maximum Gasteiger partial charge on any atom is 0.172 e. The summed E-state index contributed by atoms with van der Waals surface area (Å²) >= 11 is 0. The first kappa shape index (κ1) is 33.0. The van der Waals surface area contributed by atoms with Gasteiger partial charge in [-0.3, -0.25) is 0 Å². The molecule has 0 amide bonds. The zero-order chi connectivity index (χ0) is 37.3. The summed E-state index contributed by atoms with van der Waals surface area (Å²) < 4.78 is 13.6. The Kier molecular flexibility index (Phi) is 8.47. The first-order valence-corrected chi connectivity index (χ1v) is 18.8. The van der Waals surface area contributed by atoms with E-state index in [0.29, 0.717) is 11.5 Å². The first-order valence-electron chi connectivity index (χ1n) is 18.8. The van der Waals surface area contributed by atoms with E-state index in [0.717, 1.165) is 56.4 Å². The molecule has 9 aromatic rings. The molecular weight excluding hydrogens is 685 g/mol. The van der Waals surface area contributed by atoms with Crippen LogP contribution in [0.5, 0.6) is 23.0 Å². The molecule has 0 aliphatic carbocycles. The van der Waals surface area contributed by atoms with Crippen molar-refractivity contribution in [1.82, 2.24) is 0 Å². The van der Waals surface area contributed by atoms with Gasteiger partial charge in [-0.05, 0) is 101 Å². The van der Waals surface area contributed by atoms with Gasteiger partial charge in [0.2, 0.25) is 0 Å². The molecule has 10 rings (SSSR count). The predicted octanol–water partition coefficient (Wildman–Crippen LogP) is 15.0. The third-order valence-electron chi connectivity index (χ3n) is 10.3. The summed E-state index contributed by atoms with van der Waals surface area (Å²) in [6.45, 7) is 0. The van der Waals surface area contributed by atoms with Crippen LogP contribution < -0.4 is 19.3 Å². The summed E-state index contributed by atoms with van der Waals surface area (Å²) in [6, 6.07) is 75.9. The van der Waals surface area contributed by atoms with Crippen molar-refractivity contribution in [2.24, 2.45) is 0 Å². The van der Waals surface area contributed by atoms with Crippen LogP contribution in [-0.2, 0) is 0 Å². The van der Waals surface area contributed by atoms with Crippen LogP contribution in [0.3, 0.4) is 0 Å². The molecule has 1 heterocycles. The quantitative estimate of drug-likeness (QED) is 0.156. The minimum Gasteiger partial charge on any atom is -0.453 e. The number of anilines is 6. The van der Waals surface area contributed by atoms with Gasteiger partial charge in [0.15, 0.2) is 11.5 Å². The Morgan fingerprint density at radius 3 is 1.29 bits per heavy atom. The summed E-state index contributed by atoms with van der Waals surface area (Å²) in [4.78, 5) is 4.55. The Morgan fingerprint density at radius 1 is 0.268 bits per heavy atom. The molecule has 0 fully saturated rings. The number of para-hydroxylation sites is 2. The maximum absolute atomic E-state index is 6.85. The lowest BCUT2D eigenvalue weighted by Gasteiger charge is -2.27. The lowest BCUT2D eigenvalue weighted by Crippen LogP contribution is -2.10. The number of hydrogen-bond acceptors (Lipinski definition) is 4. The lowest BCUT2D eigenvalue weighted by atomic mass is 10.0. The number of benzene rings is 9. The normalized spacial score (nSPS) is 11.5. The van der Waals surface area contributed by atoms with Gasteiger partial charge in [-0.1, -0.05) is 133 Å². The number of ether oxygens (including phenoxy) is 2. The van der Waals surface area contributed by atoms with Crippen molar-refractivity contribution in [2.75, 3.05) is 9.80 Å². The molecule has 0 spiro atoms. The van der Waals surface area contributed by atoms with Crippen molar-refractivity contribution in [2.45, 2.75) is 0 Å². The Morgan fingerprint density at radius 2 is 0.696 bits per heavy atom. The Bertz CT molecular complexity index is 2770. The monoisotopic (exact) mass is 720 g/mol. The molecule has 1 aliphatic rings. The van der Waals surface area contributed by atoms with E-state index in [9.17, 15) is 0 Å². The van der Waals surface area contributed by atoms with Gasteiger partial charge in [0.25, 0.3) is 0 Å². The standard InChI is InChI=1S/C52H36N2O2/c1-5-14-37(15-6-1)39-24-28-43(29-25-39)53(41-18-9-3-10-19-41)45-32-34-48-51(36-45)56-50-35-33-47(46-22-13-23-49(55-48)52(46)50)54(42-20-11-4-12-21-42)44-30-26-40(27-31-44)38-16-7-2-8-17-38/h1-36H. The molecule has 0 bridgehead atoms. The summed E-state index contributed by atoms with van der Waals surface area (Å²) in [5, 5.41) is 1.94. The summed E-state index contributed by atoms with van der Waals surface area (Å²) in [5.41, 5.74) is 10.9. The second-order valence-corrected chi connectivity index (χ2v) is 13.8. The van der Waals surface area contributed by atoms with Crippen LogP contribution in [0.25, 0.3) is 33.0 Å². The van der Waals surface area contributed by atoms with E-state index < -0.39 is 0 Å². The molecule has 4 nitrogen and oxygen atoms in total. The van der Waals surface area contributed by atoms with Crippen LogP contribution in [-0.4, -0.2) is 0 Å². The molecule has 0 atom stereocenters. The van der Waals surface area contributed by atoms with Crippen LogP contribution >= 0.6 is 0 Å². The molecule has 0 aromatic heterocycles. The lowest BCUT2D eigenvalue weighted by molar-refractivity contribution is 0.439. The van der Waals surface area contributed by atoms with Gasteiger partial charge >= 0.3 is 0 Å². The molecule has 1 aliphatic heterocycles. The maximum atomic E-state index is 6.85. The fourth-order valence-corrected chi connectivity index (χ4v) is 7.62. The van der Waals surface area contributed by atoms with Crippen molar-refractivity contribution in [1.29, 1.82) is 0 Å². The molecule has 4 heteroatoms. The van der Waals surface area contributed by atoms with E-state index in [1.54, 1.807) is 0 Å². The minimum absolute atomic E-state index is 0.644. The second-order valence-electron chi connectivity index (χ2n) is 13.8. The van der Waals surface area contributed by atoms with Crippen molar-refractivity contribution >= 4 is 44.9 Å². The molecule has 0 saturated heterocycles. The third kappa shape index (κ3) is 6.19. The minimum atomic E-state index is 0.644.